The van der Waals surface area contributed by atoms with Crippen molar-refractivity contribution in [1.82, 2.24) is 0 Å². The molecule has 0 radical (unpaired) electrons. The van der Waals surface area contributed by atoms with Crippen molar-refractivity contribution in [3.05, 3.63) is 148 Å². The molecule has 0 N–H and O–H groups in total. The Hall–Kier alpha value is -4.83. The molecule has 7 rings (SSSR count). The molecular formula is C43H36BrFO5S2. The van der Waals surface area contributed by atoms with Gasteiger partial charge < -0.3 is 14.2 Å². The molecule has 0 fully saturated rings. The van der Waals surface area contributed by atoms with Gasteiger partial charge in [-0.1, -0.05) is 82.7 Å². The molecule has 0 unspecified atom stereocenters. The number of hydrogen-bond acceptors (Lipinski definition) is 7. The lowest BCUT2D eigenvalue weighted by Gasteiger charge is -2.06. The molecule has 0 aliphatic carbocycles. The maximum atomic E-state index is 13.7. The van der Waals surface area contributed by atoms with E-state index in [1.807, 2.05) is 49.4 Å². The molecule has 9 heteroatoms. The molecule has 0 amide bonds. The number of rotatable bonds is 10. The third-order valence-corrected chi connectivity index (χ3v) is 11.6. The van der Waals surface area contributed by atoms with Gasteiger partial charge in [-0.05, 0) is 101 Å². The standard InChI is InChI=1S/C25H21FO3S.C18H15BrO2S/c1-3-29-25(27)19-8-4-6-17(14-19)21-9-5-7-18-15-20(30-24(18)21)12-16-10-11-22(26)23(13-16)28-2;1-2-21-18(20)14-7-3-5-12(9-14)16-8-4-6-13-10-15(11-19)22-17(13)16/h4-11,13-15H,3,12H2,1-2H3;3-10H,2,11H2,1H3. The SMILES string of the molecule is CCOC(=O)c1cccc(-c2cccc3cc(CBr)sc23)c1.CCOC(=O)c1cccc(-c2cccc3cc(Cc4ccc(F)c(OC)c4)sc23)c1. The number of methoxy groups -OCH3 is 1. The summed E-state index contributed by atoms with van der Waals surface area (Å²) in [6.07, 6.45) is 0.693. The van der Waals surface area contributed by atoms with E-state index in [4.69, 9.17) is 14.2 Å². The van der Waals surface area contributed by atoms with Gasteiger partial charge in [-0.3, -0.25) is 0 Å². The lowest BCUT2D eigenvalue weighted by Crippen LogP contribution is -2.04. The van der Waals surface area contributed by atoms with Crippen molar-refractivity contribution < 1.29 is 28.2 Å². The van der Waals surface area contributed by atoms with Gasteiger partial charge in [0.1, 0.15) is 0 Å². The maximum absolute atomic E-state index is 13.7. The minimum absolute atomic E-state index is 0.255. The Morgan fingerprint density at radius 2 is 1.17 bits per heavy atom. The zero-order valence-electron chi connectivity index (χ0n) is 28.9. The van der Waals surface area contributed by atoms with E-state index >= 15 is 0 Å². The molecule has 52 heavy (non-hydrogen) atoms. The molecule has 2 aromatic heterocycles. The monoisotopic (exact) mass is 794 g/mol. The van der Waals surface area contributed by atoms with Gasteiger partial charge in [0, 0.05) is 30.9 Å². The highest BCUT2D eigenvalue weighted by Crippen LogP contribution is 2.38. The van der Waals surface area contributed by atoms with Crippen LogP contribution in [0.15, 0.2) is 115 Å². The van der Waals surface area contributed by atoms with E-state index in [1.54, 1.807) is 53.9 Å². The fourth-order valence-corrected chi connectivity index (χ4v) is 8.69. The van der Waals surface area contributed by atoms with Crippen LogP contribution in [0.25, 0.3) is 42.4 Å². The Labute approximate surface area is 318 Å². The van der Waals surface area contributed by atoms with Crippen LogP contribution in [0.2, 0.25) is 0 Å². The Morgan fingerprint density at radius 3 is 1.69 bits per heavy atom. The average molecular weight is 796 g/mol. The van der Waals surface area contributed by atoms with Crippen LogP contribution in [0.4, 0.5) is 4.39 Å². The number of fused-ring (bicyclic) bond motifs is 2. The summed E-state index contributed by atoms with van der Waals surface area (Å²) < 4.78 is 31.4. The van der Waals surface area contributed by atoms with E-state index in [9.17, 15) is 14.0 Å². The molecule has 0 saturated carbocycles. The predicted octanol–water partition coefficient (Wildman–Crippen LogP) is 12.1. The van der Waals surface area contributed by atoms with Crippen LogP contribution in [0.1, 0.15) is 49.9 Å². The van der Waals surface area contributed by atoms with Crippen LogP contribution in [0, 0.1) is 5.82 Å². The quantitative estimate of drug-likeness (QED) is 0.102. The summed E-state index contributed by atoms with van der Waals surface area (Å²) in [5, 5.41) is 3.23. The highest BCUT2D eigenvalue weighted by Gasteiger charge is 2.14. The smallest absolute Gasteiger partial charge is 0.338 e. The van der Waals surface area contributed by atoms with Crippen LogP contribution in [-0.4, -0.2) is 32.3 Å². The summed E-state index contributed by atoms with van der Waals surface area (Å²) in [6.45, 7) is 4.35. The predicted molar refractivity (Wildman–Crippen MR) is 215 cm³/mol. The fraction of sp³-hybridized carbons (Fsp3) is 0.163. The van der Waals surface area contributed by atoms with Gasteiger partial charge in [0.25, 0.3) is 0 Å². The van der Waals surface area contributed by atoms with Gasteiger partial charge in [0.15, 0.2) is 11.6 Å². The van der Waals surface area contributed by atoms with E-state index in [0.717, 1.165) is 43.2 Å². The van der Waals surface area contributed by atoms with Gasteiger partial charge in [-0.15, -0.1) is 22.7 Å². The van der Waals surface area contributed by atoms with Crippen LogP contribution in [0.5, 0.6) is 5.75 Å². The van der Waals surface area contributed by atoms with E-state index in [2.05, 4.69) is 58.4 Å². The largest absolute Gasteiger partial charge is 0.494 e. The Bertz CT molecular complexity index is 2360. The average Bonchev–Trinajstić information content (AvgIpc) is 3.80. The van der Waals surface area contributed by atoms with Crippen LogP contribution >= 0.6 is 38.6 Å². The zero-order valence-corrected chi connectivity index (χ0v) is 32.1. The van der Waals surface area contributed by atoms with Crippen molar-refractivity contribution in [3.8, 4) is 28.0 Å². The molecule has 0 aliphatic heterocycles. The third kappa shape index (κ3) is 8.44. The molecule has 0 aliphatic rings. The van der Waals surface area contributed by atoms with Gasteiger partial charge in [0.05, 0.1) is 31.5 Å². The molecule has 0 atom stereocenters. The summed E-state index contributed by atoms with van der Waals surface area (Å²) in [5.41, 5.74) is 6.37. The highest BCUT2D eigenvalue weighted by atomic mass is 79.9. The Kier molecular flexibility index (Phi) is 12.2. The Morgan fingerprint density at radius 1 is 0.654 bits per heavy atom. The summed E-state index contributed by atoms with van der Waals surface area (Å²) in [4.78, 5) is 26.5. The van der Waals surface area contributed by atoms with Crippen molar-refractivity contribution in [3.63, 3.8) is 0 Å². The highest BCUT2D eigenvalue weighted by molar-refractivity contribution is 9.08. The fourth-order valence-electron chi connectivity index (χ4n) is 5.91. The second kappa shape index (κ2) is 17.1. The summed E-state index contributed by atoms with van der Waals surface area (Å²) in [7, 11) is 1.47. The first-order valence-electron chi connectivity index (χ1n) is 16.8. The second-order valence-electron chi connectivity index (χ2n) is 11.8. The number of thiophene rings is 2. The van der Waals surface area contributed by atoms with Gasteiger partial charge in [0.2, 0.25) is 0 Å². The molecule has 0 spiro atoms. The third-order valence-electron chi connectivity index (χ3n) is 8.29. The van der Waals surface area contributed by atoms with Crippen molar-refractivity contribution in [2.24, 2.45) is 0 Å². The van der Waals surface area contributed by atoms with Crippen LogP contribution in [0.3, 0.4) is 0 Å². The number of benzene rings is 5. The lowest BCUT2D eigenvalue weighted by molar-refractivity contribution is 0.0517. The van der Waals surface area contributed by atoms with Gasteiger partial charge in [-0.25, -0.2) is 14.0 Å². The first kappa shape index (κ1) is 36.9. The first-order chi connectivity index (χ1) is 25.3. The van der Waals surface area contributed by atoms with Crippen LogP contribution in [-0.2, 0) is 21.2 Å². The van der Waals surface area contributed by atoms with Crippen molar-refractivity contribution in [2.75, 3.05) is 20.3 Å². The van der Waals surface area contributed by atoms with Crippen molar-refractivity contribution in [1.29, 1.82) is 0 Å². The topological polar surface area (TPSA) is 61.8 Å². The number of halogens is 2. The minimum atomic E-state index is -0.360. The lowest BCUT2D eigenvalue weighted by atomic mass is 10.0. The van der Waals surface area contributed by atoms with E-state index in [-0.39, 0.29) is 23.5 Å². The number of carbonyl (C=O) groups excluding carboxylic acids is 2. The number of alkyl halides is 1. The Balaban J connectivity index is 0.000000187. The zero-order chi connectivity index (χ0) is 36.6. The molecule has 7 aromatic rings. The minimum Gasteiger partial charge on any atom is -0.494 e. The molecule has 264 valence electrons. The molecular weight excluding hydrogens is 760 g/mol. The summed E-state index contributed by atoms with van der Waals surface area (Å²) in [6, 6.07) is 36.9. The number of carbonyl (C=O) groups is 2. The molecule has 5 aromatic carbocycles. The normalized spacial score (nSPS) is 10.9. The van der Waals surface area contributed by atoms with Crippen LogP contribution < -0.4 is 4.74 Å². The van der Waals surface area contributed by atoms with Gasteiger partial charge >= 0.3 is 11.9 Å². The molecule has 2 heterocycles. The van der Waals surface area contributed by atoms with E-state index < -0.39 is 0 Å². The maximum Gasteiger partial charge on any atom is 0.338 e. The summed E-state index contributed by atoms with van der Waals surface area (Å²) >= 11 is 7.00. The van der Waals surface area contributed by atoms with Crippen molar-refractivity contribution >= 4 is 70.7 Å². The molecule has 0 bridgehead atoms. The first-order valence-corrected chi connectivity index (χ1v) is 19.5. The van der Waals surface area contributed by atoms with Gasteiger partial charge in [-0.2, -0.15) is 0 Å². The van der Waals surface area contributed by atoms with Crippen molar-refractivity contribution in [2.45, 2.75) is 25.6 Å². The number of hydrogen-bond donors (Lipinski definition) is 0. The second-order valence-corrected chi connectivity index (χ2v) is 14.6. The van der Waals surface area contributed by atoms with E-state index in [1.165, 1.54) is 33.0 Å². The van der Waals surface area contributed by atoms with E-state index in [0.29, 0.717) is 30.8 Å². The summed E-state index contributed by atoms with van der Waals surface area (Å²) in [5.74, 6) is -0.695. The number of esters is 2. The number of ether oxygens (including phenoxy) is 3. The molecule has 5 nitrogen and oxygen atoms in total. The molecule has 0 saturated heterocycles.